The van der Waals surface area contributed by atoms with Crippen molar-refractivity contribution in [3.63, 3.8) is 0 Å². The van der Waals surface area contributed by atoms with Crippen LogP contribution in [-0.4, -0.2) is 30.5 Å². The molecule has 1 N–H and O–H groups in total. The fourth-order valence-electron chi connectivity index (χ4n) is 3.12. The molecular formula is C21H29N3O2. The van der Waals surface area contributed by atoms with Gasteiger partial charge in [-0.1, -0.05) is 24.6 Å². The van der Waals surface area contributed by atoms with E-state index >= 15 is 0 Å². The Bertz CT molecular complexity index is 698. The first-order valence-electron chi connectivity index (χ1n) is 9.35. The van der Waals surface area contributed by atoms with Gasteiger partial charge in [-0.25, -0.2) is 0 Å². The minimum atomic E-state index is -0.187. The number of likely N-dealkylation sites (tertiary alicyclic amines) is 1. The van der Waals surface area contributed by atoms with Crippen molar-refractivity contribution in [3.05, 3.63) is 41.1 Å². The van der Waals surface area contributed by atoms with Gasteiger partial charge < -0.3 is 15.0 Å². The van der Waals surface area contributed by atoms with Crippen molar-refractivity contribution in [2.45, 2.75) is 46.6 Å². The number of piperidine rings is 1. The van der Waals surface area contributed by atoms with Gasteiger partial charge in [-0.15, -0.1) is 0 Å². The van der Waals surface area contributed by atoms with E-state index in [-0.39, 0.29) is 17.5 Å². The lowest BCUT2D eigenvalue weighted by Gasteiger charge is -2.30. The summed E-state index contributed by atoms with van der Waals surface area (Å²) in [6.45, 7) is 10.2. The molecule has 26 heavy (non-hydrogen) atoms. The number of benzene rings is 1. The Hall–Kier alpha value is -2.48. The number of rotatable bonds is 6. The monoisotopic (exact) mass is 355 g/mol. The Morgan fingerprint density at radius 1 is 1.46 bits per heavy atom. The molecule has 1 unspecified atom stereocenters. The molecule has 1 fully saturated rings. The van der Waals surface area contributed by atoms with Gasteiger partial charge in [-0.2, -0.15) is 5.26 Å². The molecule has 140 valence electrons. The largest absolute Gasteiger partial charge is 0.494 e. The normalized spacial score (nSPS) is 16.7. The maximum absolute atomic E-state index is 12.6. The lowest BCUT2D eigenvalue weighted by Crippen LogP contribution is -2.38. The predicted octanol–water partition coefficient (Wildman–Crippen LogP) is 3.71. The average Bonchev–Trinajstić information content (AvgIpc) is 2.64. The summed E-state index contributed by atoms with van der Waals surface area (Å²) >= 11 is 0. The van der Waals surface area contributed by atoms with E-state index < -0.39 is 0 Å². The van der Waals surface area contributed by atoms with Crippen LogP contribution in [0, 0.1) is 24.2 Å². The molecule has 0 aliphatic carbocycles. The molecule has 5 nitrogen and oxygen atoms in total. The van der Waals surface area contributed by atoms with Crippen molar-refractivity contribution in [3.8, 4) is 11.8 Å². The zero-order valence-electron chi connectivity index (χ0n) is 16.2. The summed E-state index contributed by atoms with van der Waals surface area (Å²) in [6.07, 6.45) is 3.54. The molecule has 1 aliphatic heterocycles. The molecule has 0 aromatic heterocycles. The van der Waals surface area contributed by atoms with Crippen LogP contribution in [0.1, 0.15) is 50.8 Å². The predicted molar refractivity (Wildman–Crippen MR) is 103 cm³/mol. The highest BCUT2D eigenvalue weighted by molar-refractivity contribution is 5.97. The van der Waals surface area contributed by atoms with Crippen LogP contribution in [0.4, 0.5) is 0 Å². The van der Waals surface area contributed by atoms with Gasteiger partial charge >= 0.3 is 0 Å². The van der Waals surface area contributed by atoms with Gasteiger partial charge in [0, 0.05) is 24.9 Å². The van der Waals surface area contributed by atoms with Gasteiger partial charge in [0.25, 0.3) is 5.91 Å². The van der Waals surface area contributed by atoms with E-state index in [1.165, 1.54) is 0 Å². The number of nitriles is 1. The topological polar surface area (TPSA) is 65.4 Å². The van der Waals surface area contributed by atoms with Crippen molar-refractivity contribution in [2.75, 3.05) is 19.7 Å². The molecule has 0 spiro atoms. The van der Waals surface area contributed by atoms with Crippen molar-refractivity contribution in [1.29, 1.82) is 5.26 Å². The van der Waals surface area contributed by atoms with Crippen LogP contribution >= 0.6 is 0 Å². The third kappa shape index (κ3) is 5.01. The minimum Gasteiger partial charge on any atom is -0.494 e. The molecule has 1 heterocycles. The number of nitrogens with one attached hydrogen (secondary N) is 1. The lowest BCUT2D eigenvalue weighted by molar-refractivity contribution is -0.128. The van der Waals surface area contributed by atoms with Crippen LogP contribution in [0.3, 0.4) is 0 Å². The van der Waals surface area contributed by atoms with E-state index in [0.717, 1.165) is 42.8 Å². The summed E-state index contributed by atoms with van der Waals surface area (Å²) in [6, 6.07) is 8.01. The highest BCUT2D eigenvalue weighted by Crippen LogP contribution is 2.26. The molecule has 1 aliphatic rings. The SMILES string of the molecule is CCOc1ccc(C)cc1C(C)N/C=C(/C#N)C(=O)N1CCC(C)CC1. The van der Waals surface area contributed by atoms with Crippen molar-refractivity contribution < 1.29 is 9.53 Å². The summed E-state index contributed by atoms with van der Waals surface area (Å²) in [5.74, 6) is 1.28. The van der Waals surface area contributed by atoms with Gasteiger partial charge in [0.15, 0.2) is 0 Å². The number of hydrogen-bond donors (Lipinski definition) is 1. The second kappa shape index (κ2) is 9.28. The van der Waals surface area contributed by atoms with Crippen molar-refractivity contribution in [1.82, 2.24) is 10.2 Å². The number of carbonyl (C=O) groups excluding carboxylic acids is 1. The molecule has 0 bridgehead atoms. The van der Waals surface area contributed by atoms with E-state index in [1.807, 2.05) is 39.0 Å². The minimum absolute atomic E-state index is 0.0750. The summed E-state index contributed by atoms with van der Waals surface area (Å²) in [7, 11) is 0. The first-order chi connectivity index (χ1) is 12.5. The van der Waals surface area contributed by atoms with Gasteiger partial charge in [-0.3, -0.25) is 4.79 Å². The van der Waals surface area contributed by atoms with Crippen LogP contribution in [0.25, 0.3) is 0 Å². The third-order valence-corrected chi connectivity index (χ3v) is 4.83. The van der Waals surface area contributed by atoms with E-state index in [9.17, 15) is 10.1 Å². The highest BCUT2D eigenvalue weighted by Gasteiger charge is 2.23. The molecule has 2 rings (SSSR count). The lowest BCUT2D eigenvalue weighted by atomic mass is 9.99. The number of hydrogen-bond acceptors (Lipinski definition) is 4. The summed E-state index contributed by atoms with van der Waals surface area (Å²) in [4.78, 5) is 14.4. The molecule has 0 saturated carbocycles. The number of ether oxygens (including phenoxy) is 1. The molecule has 1 atom stereocenters. The molecule has 0 radical (unpaired) electrons. The smallest absolute Gasteiger partial charge is 0.265 e. The molecule has 1 aromatic carbocycles. The van der Waals surface area contributed by atoms with E-state index in [1.54, 1.807) is 11.1 Å². The van der Waals surface area contributed by atoms with Crippen LogP contribution < -0.4 is 10.1 Å². The van der Waals surface area contributed by atoms with E-state index in [0.29, 0.717) is 12.5 Å². The molecule has 1 amide bonds. The summed E-state index contributed by atoms with van der Waals surface area (Å²) < 4.78 is 5.70. The van der Waals surface area contributed by atoms with Crippen LogP contribution in [0.5, 0.6) is 5.75 Å². The van der Waals surface area contributed by atoms with Gasteiger partial charge in [0.2, 0.25) is 0 Å². The third-order valence-electron chi connectivity index (χ3n) is 4.83. The van der Waals surface area contributed by atoms with Gasteiger partial charge in [0.05, 0.1) is 12.6 Å². The van der Waals surface area contributed by atoms with Crippen molar-refractivity contribution >= 4 is 5.91 Å². The Morgan fingerprint density at radius 2 is 2.15 bits per heavy atom. The number of amides is 1. The van der Waals surface area contributed by atoms with Gasteiger partial charge in [0.1, 0.15) is 17.4 Å². The van der Waals surface area contributed by atoms with E-state index in [4.69, 9.17) is 4.74 Å². The number of carbonyl (C=O) groups is 1. The van der Waals surface area contributed by atoms with Crippen LogP contribution in [-0.2, 0) is 4.79 Å². The van der Waals surface area contributed by atoms with Crippen molar-refractivity contribution in [2.24, 2.45) is 5.92 Å². The molecule has 1 saturated heterocycles. The molecule has 1 aromatic rings. The van der Waals surface area contributed by atoms with Gasteiger partial charge in [-0.05, 0) is 45.6 Å². The standard InChI is InChI=1S/C21H29N3O2/c1-5-26-20-7-6-16(3)12-19(20)17(4)23-14-18(13-22)21(25)24-10-8-15(2)9-11-24/h6-7,12,14-15,17,23H,5,8-11H2,1-4H3/b18-14-. The number of aryl methyl sites for hydroxylation is 1. The Morgan fingerprint density at radius 3 is 2.77 bits per heavy atom. The Kier molecular flexibility index (Phi) is 7.08. The van der Waals surface area contributed by atoms with E-state index in [2.05, 4.69) is 18.3 Å². The summed E-state index contributed by atoms with van der Waals surface area (Å²) in [5, 5.41) is 12.6. The average molecular weight is 355 g/mol. The fraction of sp³-hybridized carbons (Fsp3) is 0.524. The zero-order valence-corrected chi connectivity index (χ0v) is 16.2. The molecule has 5 heteroatoms. The second-order valence-corrected chi connectivity index (χ2v) is 7.01. The Labute approximate surface area is 156 Å². The number of nitrogens with zero attached hydrogens (tertiary/aromatic N) is 2. The highest BCUT2D eigenvalue weighted by atomic mass is 16.5. The maximum atomic E-state index is 12.6. The first-order valence-corrected chi connectivity index (χ1v) is 9.35. The maximum Gasteiger partial charge on any atom is 0.265 e. The molecular weight excluding hydrogens is 326 g/mol. The zero-order chi connectivity index (χ0) is 19.1. The first kappa shape index (κ1) is 19.8. The fourth-order valence-corrected chi connectivity index (χ4v) is 3.12. The second-order valence-electron chi connectivity index (χ2n) is 7.01. The quantitative estimate of drug-likeness (QED) is 0.624. The Balaban J connectivity index is 2.10. The van der Waals surface area contributed by atoms with Crippen LogP contribution in [0.2, 0.25) is 0 Å². The summed E-state index contributed by atoms with van der Waals surface area (Å²) in [5.41, 5.74) is 2.30. The van der Waals surface area contributed by atoms with Crippen LogP contribution in [0.15, 0.2) is 30.0 Å².